The van der Waals surface area contributed by atoms with Crippen LogP contribution in [-0.4, -0.2) is 72.6 Å². The third-order valence-electron chi connectivity index (χ3n) is 4.21. The highest BCUT2D eigenvalue weighted by Gasteiger charge is 2.28. The summed E-state index contributed by atoms with van der Waals surface area (Å²) in [5.41, 5.74) is 0.459. The lowest BCUT2D eigenvalue weighted by atomic mass is 10.0. The molecule has 29 heavy (non-hydrogen) atoms. The molecule has 0 saturated heterocycles. The molecule has 1 aromatic carbocycles. The van der Waals surface area contributed by atoms with Gasteiger partial charge in [0.2, 0.25) is 0 Å². The third-order valence-corrected chi connectivity index (χ3v) is 4.21. The van der Waals surface area contributed by atoms with Crippen LogP contribution in [0.15, 0.2) is 41.0 Å². The van der Waals surface area contributed by atoms with Crippen LogP contribution in [0.2, 0.25) is 0 Å². The number of benzene rings is 1. The number of carbonyl (C=O) groups is 2. The Morgan fingerprint density at radius 1 is 1.21 bits per heavy atom. The molecule has 0 saturated carbocycles. The van der Waals surface area contributed by atoms with Crippen molar-refractivity contribution in [2.75, 3.05) is 32.6 Å². The van der Waals surface area contributed by atoms with Gasteiger partial charge in [-0.1, -0.05) is 18.2 Å². The first kappa shape index (κ1) is 22.3. The standard InChI is InChI=1S/C19H26N4O6/c1-20-19-23-14(11-29-19)18(27)21-10-15(24)16(25)13(8-9-28-2)22-17(26)12-6-4-3-5-7-12/h3-7,11,13,15-16,24-25H,8-10H2,1-2H3,(H,20,23)(H,21,27)(H,22,26). The van der Waals surface area contributed by atoms with Crippen LogP contribution >= 0.6 is 0 Å². The molecule has 0 aliphatic carbocycles. The van der Waals surface area contributed by atoms with Crippen LogP contribution in [0, 0.1) is 0 Å². The lowest BCUT2D eigenvalue weighted by Crippen LogP contribution is -2.52. The molecule has 10 nitrogen and oxygen atoms in total. The lowest BCUT2D eigenvalue weighted by molar-refractivity contribution is -0.00802. The number of hydrogen-bond donors (Lipinski definition) is 5. The monoisotopic (exact) mass is 406 g/mol. The molecule has 2 aromatic rings. The summed E-state index contributed by atoms with van der Waals surface area (Å²) in [5, 5.41) is 28.6. The number of rotatable bonds is 11. The largest absolute Gasteiger partial charge is 0.431 e. The van der Waals surface area contributed by atoms with E-state index in [1.165, 1.54) is 13.4 Å². The Morgan fingerprint density at radius 2 is 1.93 bits per heavy atom. The number of aliphatic hydroxyl groups is 2. The van der Waals surface area contributed by atoms with E-state index in [0.717, 1.165) is 0 Å². The summed E-state index contributed by atoms with van der Waals surface area (Å²) in [6.45, 7) is 0.0219. The van der Waals surface area contributed by atoms with E-state index in [4.69, 9.17) is 9.15 Å². The predicted octanol–water partition coefficient (Wildman–Crippen LogP) is 0.00300. The number of carbonyl (C=O) groups excluding carboxylic acids is 2. The van der Waals surface area contributed by atoms with Crippen molar-refractivity contribution in [2.24, 2.45) is 0 Å². The molecule has 3 atom stereocenters. The lowest BCUT2D eigenvalue weighted by Gasteiger charge is -2.27. The van der Waals surface area contributed by atoms with Crippen LogP contribution in [-0.2, 0) is 4.74 Å². The molecule has 2 rings (SSSR count). The first-order valence-electron chi connectivity index (χ1n) is 9.08. The third kappa shape index (κ3) is 6.56. The summed E-state index contributed by atoms with van der Waals surface area (Å²) in [7, 11) is 3.09. The average molecular weight is 406 g/mol. The number of aliphatic hydroxyl groups excluding tert-OH is 2. The van der Waals surface area contributed by atoms with Gasteiger partial charge >= 0.3 is 0 Å². The van der Waals surface area contributed by atoms with Crippen molar-refractivity contribution >= 4 is 17.8 Å². The molecule has 10 heteroatoms. The van der Waals surface area contributed by atoms with Crippen LogP contribution in [0.25, 0.3) is 0 Å². The van der Waals surface area contributed by atoms with Crippen molar-refractivity contribution < 1.29 is 29.0 Å². The minimum absolute atomic E-state index is 0.0318. The molecule has 0 bridgehead atoms. The van der Waals surface area contributed by atoms with Gasteiger partial charge in [0.15, 0.2) is 5.69 Å². The molecule has 0 aliphatic rings. The summed E-state index contributed by atoms with van der Waals surface area (Å²) in [5.74, 6) is -0.951. The van der Waals surface area contributed by atoms with E-state index in [0.29, 0.717) is 5.56 Å². The maximum Gasteiger partial charge on any atom is 0.294 e. The first-order valence-corrected chi connectivity index (χ1v) is 9.08. The maximum atomic E-state index is 12.4. The Bertz CT molecular complexity index is 782. The van der Waals surface area contributed by atoms with Crippen molar-refractivity contribution in [3.63, 3.8) is 0 Å². The average Bonchev–Trinajstić information content (AvgIpc) is 3.24. The van der Waals surface area contributed by atoms with Gasteiger partial charge in [-0.25, -0.2) is 0 Å². The van der Waals surface area contributed by atoms with Gasteiger partial charge in [0, 0.05) is 32.9 Å². The van der Waals surface area contributed by atoms with Gasteiger partial charge in [-0.2, -0.15) is 4.98 Å². The summed E-state index contributed by atoms with van der Waals surface area (Å²) < 4.78 is 10.0. The maximum absolute atomic E-state index is 12.4. The summed E-state index contributed by atoms with van der Waals surface area (Å²) in [6.07, 6.45) is -1.21. The summed E-state index contributed by atoms with van der Waals surface area (Å²) in [4.78, 5) is 28.3. The minimum Gasteiger partial charge on any atom is -0.431 e. The Labute approximate surface area is 168 Å². The molecule has 0 spiro atoms. The predicted molar refractivity (Wildman–Crippen MR) is 105 cm³/mol. The van der Waals surface area contributed by atoms with E-state index >= 15 is 0 Å². The van der Waals surface area contributed by atoms with Crippen molar-refractivity contribution in [1.29, 1.82) is 0 Å². The Morgan fingerprint density at radius 3 is 2.55 bits per heavy atom. The Kier molecular flexibility index (Phi) is 8.59. The van der Waals surface area contributed by atoms with Gasteiger partial charge in [-0.05, 0) is 18.6 Å². The molecular weight excluding hydrogens is 380 g/mol. The first-order chi connectivity index (χ1) is 14.0. The fraction of sp³-hybridized carbons (Fsp3) is 0.421. The number of nitrogens with one attached hydrogen (secondary N) is 3. The highest BCUT2D eigenvalue weighted by molar-refractivity contribution is 5.94. The smallest absolute Gasteiger partial charge is 0.294 e. The topological polar surface area (TPSA) is 146 Å². The van der Waals surface area contributed by atoms with E-state index in [9.17, 15) is 19.8 Å². The van der Waals surface area contributed by atoms with Crippen LogP contribution in [0.4, 0.5) is 6.01 Å². The van der Waals surface area contributed by atoms with Gasteiger partial charge in [0.05, 0.1) is 12.1 Å². The number of oxazole rings is 1. The van der Waals surface area contributed by atoms with E-state index in [-0.39, 0.29) is 37.2 Å². The number of amides is 2. The molecule has 0 aliphatic heterocycles. The van der Waals surface area contributed by atoms with Crippen molar-refractivity contribution in [2.45, 2.75) is 24.7 Å². The molecular formula is C19H26N4O6. The fourth-order valence-corrected chi connectivity index (χ4v) is 2.58. The summed E-state index contributed by atoms with van der Waals surface area (Å²) in [6, 6.07) is 7.92. The van der Waals surface area contributed by atoms with Gasteiger partial charge in [-0.3, -0.25) is 9.59 Å². The fourth-order valence-electron chi connectivity index (χ4n) is 2.58. The SMILES string of the molecule is CNc1nc(C(=O)NCC(O)C(O)C(CCOC)NC(=O)c2ccccc2)co1. The molecule has 158 valence electrons. The van der Waals surface area contributed by atoms with Crippen molar-refractivity contribution in [3.05, 3.63) is 47.9 Å². The van der Waals surface area contributed by atoms with Gasteiger partial charge in [0.1, 0.15) is 12.4 Å². The van der Waals surface area contributed by atoms with Gasteiger partial charge < -0.3 is 35.3 Å². The molecule has 1 aromatic heterocycles. The molecule has 5 N–H and O–H groups in total. The number of hydrogen-bond acceptors (Lipinski definition) is 8. The van der Waals surface area contributed by atoms with Crippen LogP contribution < -0.4 is 16.0 Å². The van der Waals surface area contributed by atoms with Crippen LogP contribution in [0.3, 0.4) is 0 Å². The second-order valence-corrected chi connectivity index (χ2v) is 6.28. The summed E-state index contributed by atoms with van der Waals surface area (Å²) >= 11 is 0. The van der Waals surface area contributed by atoms with Crippen LogP contribution in [0.5, 0.6) is 0 Å². The van der Waals surface area contributed by atoms with Crippen molar-refractivity contribution in [3.8, 4) is 0 Å². The van der Waals surface area contributed by atoms with Gasteiger partial charge in [0.25, 0.3) is 17.8 Å². The van der Waals surface area contributed by atoms with E-state index in [1.54, 1.807) is 37.4 Å². The molecule has 0 fully saturated rings. The minimum atomic E-state index is -1.33. The number of aromatic nitrogens is 1. The Hall–Kier alpha value is -2.95. The second kappa shape index (κ2) is 11.1. The zero-order valence-corrected chi connectivity index (χ0v) is 16.3. The molecule has 0 radical (unpaired) electrons. The Balaban J connectivity index is 1.94. The normalized spacial score (nSPS) is 13.9. The zero-order valence-electron chi connectivity index (χ0n) is 16.3. The van der Waals surface area contributed by atoms with Crippen molar-refractivity contribution in [1.82, 2.24) is 15.6 Å². The van der Waals surface area contributed by atoms with Gasteiger partial charge in [-0.15, -0.1) is 0 Å². The van der Waals surface area contributed by atoms with E-state index in [2.05, 4.69) is 20.9 Å². The number of nitrogens with zero attached hydrogens (tertiary/aromatic N) is 1. The second-order valence-electron chi connectivity index (χ2n) is 6.28. The molecule has 3 unspecified atom stereocenters. The number of methoxy groups -OCH3 is 1. The highest BCUT2D eigenvalue weighted by atomic mass is 16.5. The van der Waals surface area contributed by atoms with Crippen LogP contribution in [0.1, 0.15) is 27.3 Å². The quantitative estimate of drug-likeness (QED) is 0.351. The zero-order chi connectivity index (χ0) is 21.2. The molecule has 1 heterocycles. The van der Waals surface area contributed by atoms with E-state index < -0.39 is 24.2 Å². The van der Waals surface area contributed by atoms with E-state index in [1.807, 2.05) is 0 Å². The number of ether oxygens (including phenoxy) is 1. The molecule has 2 amide bonds. The highest BCUT2D eigenvalue weighted by Crippen LogP contribution is 2.09. The number of anilines is 1.